The van der Waals surface area contributed by atoms with Gasteiger partial charge in [0.15, 0.2) is 0 Å². The summed E-state index contributed by atoms with van der Waals surface area (Å²) >= 11 is 0. The van der Waals surface area contributed by atoms with Crippen molar-refractivity contribution in [3.8, 4) is 0 Å². The SMILES string of the molecule is CCCCC(CCCC)NCCCN1CCCCC1. The van der Waals surface area contributed by atoms with Crippen molar-refractivity contribution in [1.29, 1.82) is 0 Å². The molecule has 2 heteroatoms. The van der Waals surface area contributed by atoms with Crippen molar-refractivity contribution in [2.45, 2.75) is 84.1 Å². The van der Waals surface area contributed by atoms with Crippen LogP contribution in [0.2, 0.25) is 0 Å². The van der Waals surface area contributed by atoms with E-state index in [0.717, 1.165) is 6.04 Å². The fourth-order valence-electron chi connectivity index (χ4n) is 3.04. The van der Waals surface area contributed by atoms with E-state index in [9.17, 15) is 0 Å². The normalized spacial score (nSPS) is 17.2. The van der Waals surface area contributed by atoms with E-state index in [4.69, 9.17) is 0 Å². The van der Waals surface area contributed by atoms with E-state index in [1.165, 1.54) is 90.4 Å². The average molecular weight is 268 g/mol. The first-order valence-corrected chi connectivity index (χ1v) is 8.82. The maximum atomic E-state index is 3.80. The molecule has 1 heterocycles. The van der Waals surface area contributed by atoms with Gasteiger partial charge in [0.25, 0.3) is 0 Å². The Balaban J connectivity index is 2.04. The summed E-state index contributed by atoms with van der Waals surface area (Å²) in [6.07, 6.45) is 13.8. The Morgan fingerprint density at radius 2 is 1.53 bits per heavy atom. The predicted octanol–water partition coefficient (Wildman–Crippen LogP) is 4.20. The van der Waals surface area contributed by atoms with Gasteiger partial charge in [-0.1, -0.05) is 46.0 Å². The Kier molecular flexibility index (Phi) is 10.5. The van der Waals surface area contributed by atoms with Crippen molar-refractivity contribution in [1.82, 2.24) is 10.2 Å². The van der Waals surface area contributed by atoms with Gasteiger partial charge in [-0.25, -0.2) is 0 Å². The molecule has 2 nitrogen and oxygen atoms in total. The molecule has 1 aliphatic heterocycles. The number of unbranched alkanes of at least 4 members (excludes halogenated alkanes) is 2. The molecular formula is C17H36N2. The van der Waals surface area contributed by atoms with E-state index in [-0.39, 0.29) is 0 Å². The van der Waals surface area contributed by atoms with Crippen molar-refractivity contribution in [3.63, 3.8) is 0 Å². The molecule has 1 fully saturated rings. The van der Waals surface area contributed by atoms with Crippen molar-refractivity contribution >= 4 is 0 Å². The highest BCUT2D eigenvalue weighted by molar-refractivity contribution is 4.69. The van der Waals surface area contributed by atoms with Crippen LogP contribution in [0, 0.1) is 0 Å². The van der Waals surface area contributed by atoms with Gasteiger partial charge >= 0.3 is 0 Å². The third kappa shape index (κ3) is 8.65. The first-order chi connectivity index (χ1) is 9.36. The van der Waals surface area contributed by atoms with E-state index in [2.05, 4.69) is 24.1 Å². The summed E-state index contributed by atoms with van der Waals surface area (Å²) in [5.74, 6) is 0. The van der Waals surface area contributed by atoms with Crippen LogP contribution in [0.3, 0.4) is 0 Å². The summed E-state index contributed by atoms with van der Waals surface area (Å²) in [7, 11) is 0. The van der Waals surface area contributed by atoms with Crippen LogP contribution in [0.1, 0.15) is 78.1 Å². The van der Waals surface area contributed by atoms with Gasteiger partial charge < -0.3 is 10.2 Å². The quantitative estimate of drug-likeness (QED) is 0.565. The zero-order valence-corrected chi connectivity index (χ0v) is 13.4. The standard InChI is InChI=1S/C17H36N2/c1-3-5-11-17(12-6-4-2)18-13-10-16-19-14-8-7-9-15-19/h17-18H,3-16H2,1-2H3. The Morgan fingerprint density at radius 3 is 2.11 bits per heavy atom. The molecule has 0 amide bonds. The molecule has 114 valence electrons. The topological polar surface area (TPSA) is 15.3 Å². The Morgan fingerprint density at radius 1 is 0.895 bits per heavy atom. The molecule has 0 aromatic rings. The highest BCUT2D eigenvalue weighted by atomic mass is 15.1. The second kappa shape index (κ2) is 11.7. The minimum atomic E-state index is 0.779. The molecule has 1 saturated heterocycles. The molecule has 0 atom stereocenters. The number of likely N-dealkylation sites (tertiary alicyclic amines) is 1. The molecule has 1 aliphatic rings. The van der Waals surface area contributed by atoms with Crippen molar-refractivity contribution in [2.24, 2.45) is 0 Å². The largest absolute Gasteiger partial charge is 0.314 e. The van der Waals surface area contributed by atoms with Gasteiger partial charge in [0.05, 0.1) is 0 Å². The highest BCUT2D eigenvalue weighted by Crippen LogP contribution is 2.10. The summed E-state index contributed by atoms with van der Waals surface area (Å²) < 4.78 is 0. The van der Waals surface area contributed by atoms with E-state index in [1.807, 2.05) is 0 Å². The van der Waals surface area contributed by atoms with Crippen LogP contribution in [0.25, 0.3) is 0 Å². The number of hydrogen-bond acceptors (Lipinski definition) is 2. The molecular weight excluding hydrogens is 232 g/mol. The fraction of sp³-hybridized carbons (Fsp3) is 1.00. The third-order valence-corrected chi connectivity index (χ3v) is 4.35. The summed E-state index contributed by atoms with van der Waals surface area (Å²) in [6.45, 7) is 9.81. The zero-order chi connectivity index (χ0) is 13.8. The molecule has 19 heavy (non-hydrogen) atoms. The molecule has 0 spiro atoms. The van der Waals surface area contributed by atoms with Crippen molar-refractivity contribution < 1.29 is 0 Å². The van der Waals surface area contributed by atoms with Gasteiger partial charge in [-0.3, -0.25) is 0 Å². The predicted molar refractivity (Wildman–Crippen MR) is 85.7 cm³/mol. The monoisotopic (exact) mass is 268 g/mol. The molecule has 1 N–H and O–H groups in total. The van der Waals surface area contributed by atoms with Gasteiger partial charge in [0.2, 0.25) is 0 Å². The van der Waals surface area contributed by atoms with Gasteiger partial charge in [-0.05, 0) is 58.3 Å². The van der Waals surface area contributed by atoms with Gasteiger partial charge in [-0.2, -0.15) is 0 Å². The number of nitrogens with zero attached hydrogens (tertiary/aromatic N) is 1. The Hall–Kier alpha value is -0.0800. The van der Waals surface area contributed by atoms with Crippen LogP contribution < -0.4 is 5.32 Å². The maximum Gasteiger partial charge on any atom is 0.00670 e. The van der Waals surface area contributed by atoms with E-state index >= 15 is 0 Å². The lowest BCUT2D eigenvalue weighted by atomic mass is 10.0. The molecule has 0 aromatic heterocycles. The molecule has 0 bridgehead atoms. The number of hydrogen-bond donors (Lipinski definition) is 1. The van der Waals surface area contributed by atoms with Crippen molar-refractivity contribution in [2.75, 3.05) is 26.2 Å². The van der Waals surface area contributed by atoms with Crippen LogP contribution >= 0.6 is 0 Å². The van der Waals surface area contributed by atoms with Crippen molar-refractivity contribution in [3.05, 3.63) is 0 Å². The van der Waals surface area contributed by atoms with E-state index < -0.39 is 0 Å². The summed E-state index contributed by atoms with van der Waals surface area (Å²) in [6, 6.07) is 0.779. The lowest BCUT2D eigenvalue weighted by Gasteiger charge is -2.26. The lowest BCUT2D eigenvalue weighted by Crippen LogP contribution is -2.34. The van der Waals surface area contributed by atoms with Crippen LogP contribution in [-0.4, -0.2) is 37.1 Å². The molecule has 0 saturated carbocycles. The highest BCUT2D eigenvalue weighted by Gasteiger charge is 2.10. The molecule has 1 rings (SSSR count). The molecule has 0 unspecified atom stereocenters. The van der Waals surface area contributed by atoms with Gasteiger partial charge in [0.1, 0.15) is 0 Å². The zero-order valence-electron chi connectivity index (χ0n) is 13.4. The Bertz CT molecular complexity index is 180. The molecule has 0 aromatic carbocycles. The minimum absolute atomic E-state index is 0.779. The number of rotatable bonds is 11. The summed E-state index contributed by atoms with van der Waals surface area (Å²) in [4.78, 5) is 2.65. The van der Waals surface area contributed by atoms with Crippen LogP contribution in [0.15, 0.2) is 0 Å². The number of piperidine rings is 1. The first-order valence-electron chi connectivity index (χ1n) is 8.82. The van der Waals surface area contributed by atoms with Crippen LogP contribution in [0.5, 0.6) is 0 Å². The maximum absolute atomic E-state index is 3.80. The van der Waals surface area contributed by atoms with Crippen LogP contribution in [-0.2, 0) is 0 Å². The average Bonchev–Trinajstić information content (AvgIpc) is 2.46. The fourth-order valence-corrected chi connectivity index (χ4v) is 3.04. The smallest absolute Gasteiger partial charge is 0.00670 e. The van der Waals surface area contributed by atoms with Gasteiger partial charge in [-0.15, -0.1) is 0 Å². The lowest BCUT2D eigenvalue weighted by molar-refractivity contribution is 0.224. The Labute approximate surface area is 121 Å². The first kappa shape index (κ1) is 17.0. The molecule has 0 radical (unpaired) electrons. The number of nitrogens with one attached hydrogen (secondary N) is 1. The van der Waals surface area contributed by atoms with Gasteiger partial charge in [0, 0.05) is 6.04 Å². The van der Waals surface area contributed by atoms with E-state index in [0.29, 0.717) is 0 Å². The summed E-state index contributed by atoms with van der Waals surface area (Å²) in [5, 5.41) is 3.80. The van der Waals surface area contributed by atoms with E-state index in [1.54, 1.807) is 0 Å². The minimum Gasteiger partial charge on any atom is -0.314 e. The second-order valence-corrected chi connectivity index (χ2v) is 6.19. The third-order valence-electron chi connectivity index (χ3n) is 4.35. The second-order valence-electron chi connectivity index (χ2n) is 6.19. The molecule has 0 aliphatic carbocycles. The van der Waals surface area contributed by atoms with Crippen LogP contribution in [0.4, 0.5) is 0 Å². The summed E-state index contributed by atoms with van der Waals surface area (Å²) in [5.41, 5.74) is 0.